The van der Waals surface area contributed by atoms with E-state index in [1.807, 2.05) is 19.2 Å². The molecule has 0 bridgehead atoms. The Morgan fingerprint density at radius 2 is 2.00 bits per heavy atom. The first-order valence-electron chi connectivity index (χ1n) is 6.22. The van der Waals surface area contributed by atoms with E-state index in [1.165, 1.54) is 11.1 Å². The zero-order valence-electron chi connectivity index (χ0n) is 11.1. The monoisotopic (exact) mass is 241 g/mol. The molecule has 18 heavy (non-hydrogen) atoms. The van der Waals surface area contributed by atoms with Crippen LogP contribution in [0.3, 0.4) is 0 Å². The van der Waals surface area contributed by atoms with E-state index in [0.717, 1.165) is 17.1 Å². The molecule has 0 saturated heterocycles. The van der Waals surface area contributed by atoms with Crippen LogP contribution in [-0.2, 0) is 0 Å². The molecule has 0 aliphatic rings. The SMILES string of the molecule is Cc1ccc(-c2ccnc(C(C)CN)n2)c(C)c1. The van der Waals surface area contributed by atoms with E-state index in [4.69, 9.17) is 5.73 Å². The number of aryl methyl sites for hydroxylation is 2. The van der Waals surface area contributed by atoms with Crippen LogP contribution in [0.4, 0.5) is 0 Å². The number of nitrogens with two attached hydrogens (primary N) is 1. The first-order valence-corrected chi connectivity index (χ1v) is 6.22. The predicted molar refractivity (Wildman–Crippen MR) is 74.4 cm³/mol. The Morgan fingerprint density at radius 1 is 1.22 bits per heavy atom. The van der Waals surface area contributed by atoms with Crippen molar-refractivity contribution >= 4 is 0 Å². The van der Waals surface area contributed by atoms with Gasteiger partial charge in [0.1, 0.15) is 5.82 Å². The zero-order valence-corrected chi connectivity index (χ0v) is 11.1. The minimum Gasteiger partial charge on any atom is -0.330 e. The molecule has 3 heteroatoms. The van der Waals surface area contributed by atoms with Crippen LogP contribution in [0.15, 0.2) is 30.5 Å². The van der Waals surface area contributed by atoms with Gasteiger partial charge in [0.15, 0.2) is 0 Å². The van der Waals surface area contributed by atoms with Crippen LogP contribution in [0, 0.1) is 13.8 Å². The van der Waals surface area contributed by atoms with Crippen LogP contribution in [0.1, 0.15) is 29.8 Å². The largest absolute Gasteiger partial charge is 0.330 e. The first kappa shape index (κ1) is 12.7. The van der Waals surface area contributed by atoms with Crippen LogP contribution in [0.2, 0.25) is 0 Å². The molecule has 1 aromatic carbocycles. The zero-order chi connectivity index (χ0) is 13.1. The molecule has 3 nitrogen and oxygen atoms in total. The third-order valence-corrected chi connectivity index (χ3v) is 3.13. The molecule has 0 saturated carbocycles. The Kier molecular flexibility index (Phi) is 3.72. The molecule has 0 aliphatic carbocycles. The van der Waals surface area contributed by atoms with E-state index < -0.39 is 0 Å². The molecule has 2 rings (SSSR count). The highest BCUT2D eigenvalue weighted by atomic mass is 14.9. The molecule has 1 heterocycles. The van der Waals surface area contributed by atoms with Crippen LogP contribution in [0.5, 0.6) is 0 Å². The quantitative estimate of drug-likeness (QED) is 0.899. The van der Waals surface area contributed by atoms with Gasteiger partial charge in [0, 0.05) is 24.2 Å². The van der Waals surface area contributed by atoms with Crippen molar-refractivity contribution in [2.24, 2.45) is 5.73 Å². The lowest BCUT2D eigenvalue weighted by molar-refractivity contribution is 0.712. The Labute approximate surface area is 108 Å². The van der Waals surface area contributed by atoms with Gasteiger partial charge in [0.25, 0.3) is 0 Å². The van der Waals surface area contributed by atoms with Crippen molar-refractivity contribution in [2.75, 3.05) is 6.54 Å². The van der Waals surface area contributed by atoms with E-state index >= 15 is 0 Å². The van der Waals surface area contributed by atoms with Crippen LogP contribution >= 0.6 is 0 Å². The summed E-state index contributed by atoms with van der Waals surface area (Å²) in [6.07, 6.45) is 1.81. The fraction of sp³-hybridized carbons (Fsp3) is 0.333. The van der Waals surface area contributed by atoms with E-state index in [9.17, 15) is 0 Å². The smallest absolute Gasteiger partial charge is 0.133 e. The lowest BCUT2D eigenvalue weighted by Crippen LogP contribution is -2.12. The summed E-state index contributed by atoms with van der Waals surface area (Å²) in [4.78, 5) is 8.90. The van der Waals surface area contributed by atoms with Crippen LogP contribution in [0.25, 0.3) is 11.3 Å². The Bertz CT molecular complexity index is 549. The molecule has 0 spiro atoms. The van der Waals surface area contributed by atoms with E-state index in [0.29, 0.717) is 6.54 Å². The molecule has 2 N–H and O–H groups in total. The second-order valence-electron chi connectivity index (χ2n) is 4.76. The highest BCUT2D eigenvalue weighted by Gasteiger charge is 2.09. The van der Waals surface area contributed by atoms with E-state index in [-0.39, 0.29) is 5.92 Å². The third-order valence-electron chi connectivity index (χ3n) is 3.13. The van der Waals surface area contributed by atoms with Gasteiger partial charge in [-0.25, -0.2) is 9.97 Å². The van der Waals surface area contributed by atoms with Gasteiger partial charge in [-0.1, -0.05) is 30.7 Å². The summed E-state index contributed by atoms with van der Waals surface area (Å²) in [5.74, 6) is 1.01. The summed E-state index contributed by atoms with van der Waals surface area (Å²) >= 11 is 0. The highest BCUT2D eigenvalue weighted by Crippen LogP contribution is 2.23. The second-order valence-corrected chi connectivity index (χ2v) is 4.76. The molecule has 0 amide bonds. The number of hydrogen-bond donors (Lipinski definition) is 1. The Hall–Kier alpha value is -1.74. The van der Waals surface area contributed by atoms with Crippen molar-refractivity contribution in [3.05, 3.63) is 47.4 Å². The normalized spacial score (nSPS) is 12.4. The number of aromatic nitrogens is 2. The van der Waals surface area contributed by atoms with Crippen molar-refractivity contribution in [3.63, 3.8) is 0 Å². The first-order chi connectivity index (χ1) is 8.61. The Morgan fingerprint density at radius 3 is 2.67 bits per heavy atom. The summed E-state index contributed by atoms with van der Waals surface area (Å²) in [6.45, 7) is 6.81. The topological polar surface area (TPSA) is 51.8 Å². The molecule has 1 aromatic heterocycles. The maximum absolute atomic E-state index is 5.66. The molecule has 94 valence electrons. The number of benzene rings is 1. The maximum Gasteiger partial charge on any atom is 0.133 e. The van der Waals surface area contributed by atoms with Crippen molar-refractivity contribution in [1.29, 1.82) is 0 Å². The number of hydrogen-bond acceptors (Lipinski definition) is 3. The molecule has 1 atom stereocenters. The van der Waals surface area contributed by atoms with Crippen molar-refractivity contribution in [3.8, 4) is 11.3 Å². The average Bonchev–Trinajstić information content (AvgIpc) is 2.38. The lowest BCUT2D eigenvalue weighted by Gasteiger charge is -2.10. The molecule has 0 radical (unpaired) electrons. The highest BCUT2D eigenvalue weighted by molar-refractivity contribution is 5.63. The maximum atomic E-state index is 5.66. The van der Waals surface area contributed by atoms with Gasteiger partial charge in [0.2, 0.25) is 0 Å². The number of nitrogens with zero attached hydrogens (tertiary/aromatic N) is 2. The summed E-state index contributed by atoms with van der Waals surface area (Å²) in [7, 11) is 0. The van der Waals surface area contributed by atoms with Gasteiger partial charge in [-0.15, -0.1) is 0 Å². The van der Waals surface area contributed by atoms with Gasteiger partial charge < -0.3 is 5.73 Å². The molecule has 2 aromatic rings. The minimum absolute atomic E-state index is 0.190. The van der Waals surface area contributed by atoms with Crippen molar-refractivity contribution in [1.82, 2.24) is 9.97 Å². The van der Waals surface area contributed by atoms with Crippen LogP contribution < -0.4 is 5.73 Å². The summed E-state index contributed by atoms with van der Waals surface area (Å²) in [6, 6.07) is 8.34. The lowest BCUT2D eigenvalue weighted by atomic mass is 10.0. The van der Waals surface area contributed by atoms with Gasteiger partial charge in [-0.3, -0.25) is 0 Å². The third kappa shape index (κ3) is 2.57. The van der Waals surface area contributed by atoms with Crippen LogP contribution in [-0.4, -0.2) is 16.5 Å². The van der Waals surface area contributed by atoms with E-state index in [2.05, 4.69) is 42.0 Å². The summed E-state index contributed by atoms with van der Waals surface area (Å²) in [5.41, 5.74) is 10.3. The molecular weight excluding hydrogens is 222 g/mol. The standard InChI is InChI=1S/C15H19N3/c1-10-4-5-13(11(2)8-10)14-6-7-17-15(18-14)12(3)9-16/h4-8,12H,9,16H2,1-3H3. The molecule has 0 aliphatic heterocycles. The molecule has 0 fully saturated rings. The van der Waals surface area contributed by atoms with Gasteiger partial charge >= 0.3 is 0 Å². The van der Waals surface area contributed by atoms with Crippen molar-refractivity contribution in [2.45, 2.75) is 26.7 Å². The average molecular weight is 241 g/mol. The Balaban J connectivity index is 2.44. The molecular formula is C15H19N3. The predicted octanol–water partition coefficient (Wildman–Crippen LogP) is 2.82. The fourth-order valence-electron chi connectivity index (χ4n) is 1.97. The minimum atomic E-state index is 0.190. The van der Waals surface area contributed by atoms with Crippen molar-refractivity contribution < 1.29 is 0 Å². The van der Waals surface area contributed by atoms with Gasteiger partial charge in [-0.05, 0) is 25.5 Å². The summed E-state index contributed by atoms with van der Waals surface area (Å²) in [5, 5.41) is 0. The number of rotatable bonds is 3. The second kappa shape index (κ2) is 5.27. The van der Waals surface area contributed by atoms with Gasteiger partial charge in [-0.2, -0.15) is 0 Å². The van der Waals surface area contributed by atoms with Gasteiger partial charge in [0.05, 0.1) is 5.69 Å². The molecule has 1 unspecified atom stereocenters. The summed E-state index contributed by atoms with van der Waals surface area (Å²) < 4.78 is 0. The van der Waals surface area contributed by atoms with E-state index in [1.54, 1.807) is 0 Å². The fourth-order valence-corrected chi connectivity index (χ4v) is 1.97.